The van der Waals surface area contributed by atoms with Crippen LogP contribution in [-0.4, -0.2) is 40.7 Å². The van der Waals surface area contributed by atoms with Crippen molar-refractivity contribution in [2.45, 2.75) is 13.0 Å². The van der Waals surface area contributed by atoms with E-state index in [0.29, 0.717) is 23.4 Å². The van der Waals surface area contributed by atoms with Gasteiger partial charge in [0, 0.05) is 12.3 Å². The van der Waals surface area contributed by atoms with E-state index in [4.69, 9.17) is 0 Å². The maximum atomic E-state index is 12.3. The Labute approximate surface area is 179 Å². The molecule has 1 N–H and O–H groups in total. The lowest BCUT2D eigenvalue weighted by Gasteiger charge is -2.16. The lowest BCUT2D eigenvalue weighted by molar-refractivity contribution is -0.119. The molecular weight excluding hydrogens is 396 g/mol. The zero-order valence-corrected chi connectivity index (χ0v) is 17.4. The number of hydrogen-bond donors (Lipinski definition) is 1. The van der Waals surface area contributed by atoms with E-state index in [1.807, 2.05) is 25.1 Å². The van der Waals surface area contributed by atoms with Gasteiger partial charge >= 0.3 is 0 Å². The molecule has 1 unspecified atom stereocenters. The Bertz CT molecular complexity index is 1090. The number of carbonyl (C=O) groups excluding carboxylic acids is 3. The molecule has 1 heterocycles. The molecule has 1 atom stereocenters. The van der Waals surface area contributed by atoms with E-state index in [9.17, 15) is 14.4 Å². The van der Waals surface area contributed by atoms with Crippen LogP contribution in [0.4, 0.5) is 0 Å². The van der Waals surface area contributed by atoms with Gasteiger partial charge in [-0.3, -0.25) is 19.3 Å². The minimum absolute atomic E-state index is 0.0666. The van der Waals surface area contributed by atoms with Crippen LogP contribution in [0.1, 0.15) is 39.2 Å². The molecule has 1 aliphatic heterocycles. The summed E-state index contributed by atoms with van der Waals surface area (Å²) in [6, 6.07) is 21.1. The Hall–Kier alpha value is -3.12. The van der Waals surface area contributed by atoms with E-state index in [2.05, 4.69) is 29.6 Å². The first-order chi connectivity index (χ1) is 14.5. The van der Waals surface area contributed by atoms with E-state index in [0.717, 1.165) is 10.9 Å². The minimum atomic E-state index is -0.259. The van der Waals surface area contributed by atoms with Crippen molar-refractivity contribution in [3.05, 3.63) is 83.4 Å². The smallest absolute Gasteiger partial charge is 0.261 e. The Morgan fingerprint density at radius 1 is 0.933 bits per heavy atom. The van der Waals surface area contributed by atoms with Crippen LogP contribution >= 0.6 is 11.8 Å². The van der Waals surface area contributed by atoms with Crippen LogP contribution in [0.5, 0.6) is 0 Å². The van der Waals surface area contributed by atoms with Gasteiger partial charge < -0.3 is 5.32 Å². The van der Waals surface area contributed by atoms with Crippen molar-refractivity contribution in [2.24, 2.45) is 0 Å². The number of rotatable bonds is 7. The van der Waals surface area contributed by atoms with Crippen molar-refractivity contribution in [1.82, 2.24) is 10.2 Å². The number of benzene rings is 3. The first kappa shape index (κ1) is 20.2. The molecule has 5 nitrogen and oxygen atoms in total. The number of carbonyl (C=O) groups is 3. The molecule has 0 aromatic heterocycles. The van der Waals surface area contributed by atoms with Gasteiger partial charge in [0.1, 0.15) is 0 Å². The van der Waals surface area contributed by atoms with Crippen molar-refractivity contribution in [3.8, 4) is 0 Å². The zero-order valence-electron chi connectivity index (χ0n) is 16.6. The molecule has 30 heavy (non-hydrogen) atoms. The number of imide groups is 1. The summed E-state index contributed by atoms with van der Waals surface area (Å²) in [6.07, 6.45) is 0. The predicted octanol–water partition coefficient (Wildman–Crippen LogP) is 4.05. The third-order valence-electron chi connectivity index (χ3n) is 5.22. The van der Waals surface area contributed by atoms with Crippen LogP contribution in [-0.2, 0) is 4.79 Å². The molecule has 0 saturated carbocycles. The maximum Gasteiger partial charge on any atom is 0.261 e. The van der Waals surface area contributed by atoms with Gasteiger partial charge in [-0.15, -0.1) is 0 Å². The topological polar surface area (TPSA) is 66.5 Å². The molecular formula is C24H22N2O3S. The summed E-state index contributed by atoms with van der Waals surface area (Å²) >= 11 is 1.41. The van der Waals surface area contributed by atoms with Crippen LogP contribution in [0.15, 0.2) is 66.7 Å². The quantitative estimate of drug-likeness (QED) is 0.464. The summed E-state index contributed by atoms with van der Waals surface area (Å²) in [5, 5.41) is 5.33. The highest BCUT2D eigenvalue weighted by Gasteiger charge is 2.34. The molecule has 1 aliphatic rings. The molecule has 0 fully saturated rings. The number of nitrogens with zero attached hydrogens (tertiary/aromatic N) is 1. The first-order valence-corrected chi connectivity index (χ1v) is 11.0. The van der Waals surface area contributed by atoms with Crippen LogP contribution in [0, 0.1) is 0 Å². The molecule has 0 radical (unpaired) electrons. The lowest BCUT2D eigenvalue weighted by Crippen LogP contribution is -2.32. The Morgan fingerprint density at radius 2 is 1.57 bits per heavy atom. The highest BCUT2D eigenvalue weighted by Crippen LogP contribution is 2.23. The van der Waals surface area contributed by atoms with Crippen molar-refractivity contribution in [3.63, 3.8) is 0 Å². The molecule has 3 aromatic rings. The van der Waals surface area contributed by atoms with Crippen molar-refractivity contribution in [2.75, 3.05) is 18.1 Å². The van der Waals surface area contributed by atoms with Crippen LogP contribution in [0.25, 0.3) is 10.8 Å². The second-order valence-corrected chi connectivity index (χ2v) is 8.36. The van der Waals surface area contributed by atoms with Gasteiger partial charge in [0.2, 0.25) is 5.91 Å². The number of fused-ring (bicyclic) bond motifs is 2. The van der Waals surface area contributed by atoms with E-state index in [-0.39, 0.29) is 29.5 Å². The minimum Gasteiger partial charge on any atom is -0.349 e. The molecule has 0 aliphatic carbocycles. The number of thioether (sulfide) groups is 1. The highest BCUT2D eigenvalue weighted by molar-refractivity contribution is 7.99. The average molecular weight is 419 g/mol. The Morgan fingerprint density at radius 3 is 2.27 bits per heavy atom. The highest BCUT2D eigenvalue weighted by atomic mass is 32.2. The van der Waals surface area contributed by atoms with E-state index in [1.165, 1.54) is 22.0 Å². The summed E-state index contributed by atoms with van der Waals surface area (Å²) in [5.41, 5.74) is 1.96. The first-order valence-electron chi connectivity index (χ1n) is 9.85. The Balaban J connectivity index is 1.25. The third-order valence-corrected chi connectivity index (χ3v) is 6.16. The van der Waals surface area contributed by atoms with E-state index in [1.54, 1.807) is 24.3 Å². The van der Waals surface area contributed by atoms with Gasteiger partial charge in [-0.25, -0.2) is 0 Å². The number of hydrogen-bond acceptors (Lipinski definition) is 4. The molecule has 3 aromatic carbocycles. The standard InChI is InChI=1S/C24H22N2O3S/c1-16(18-11-10-17-6-2-3-7-19(17)14-18)25-22(27)15-30-13-12-26-23(28)20-8-4-5-9-21(20)24(26)29/h2-11,14,16H,12-13,15H2,1H3,(H,25,27). The second kappa shape index (κ2) is 8.71. The normalized spacial score (nSPS) is 14.1. The SMILES string of the molecule is CC(NC(=O)CSCCN1C(=O)c2ccccc2C1=O)c1ccc2ccccc2c1. The molecule has 6 heteroatoms. The van der Waals surface area contributed by atoms with Crippen LogP contribution < -0.4 is 5.32 Å². The fourth-order valence-corrected chi connectivity index (χ4v) is 4.33. The van der Waals surface area contributed by atoms with Crippen molar-refractivity contribution in [1.29, 1.82) is 0 Å². The predicted molar refractivity (Wildman–Crippen MR) is 120 cm³/mol. The van der Waals surface area contributed by atoms with Gasteiger partial charge in [-0.1, -0.05) is 48.5 Å². The van der Waals surface area contributed by atoms with Gasteiger partial charge in [-0.05, 0) is 41.5 Å². The van der Waals surface area contributed by atoms with Gasteiger partial charge in [0.15, 0.2) is 0 Å². The largest absolute Gasteiger partial charge is 0.349 e. The fraction of sp³-hybridized carbons (Fsp3) is 0.208. The van der Waals surface area contributed by atoms with E-state index >= 15 is 0 Å². The molecule has 0 bridgehead atoms. The second-order valence-electron chi connectivity index (χ2n) is 7.26. The summed E-state index contributed by atoms with van der Waals surface area (Å²) in [4.78, 5) is 38.3. The summed E-state index contributed by atoms with van der Waals surface area (Å²) in [5.74, 6) is 0.212. The fourth-order valence-electron chi connectivity index (χ4n) is 3.61. The summed E-state index contributed by atoms with van der Waals surface area (Å²) in [6.45, 7) is 2.26. The molecule has 3 amide bonds. The summed E-state index contributed by atoms with van der Waals surface area (Å²) in [7, 11) is 0. The van der Waals surface area contributed by atoms with Gasteiger partial charge in [0.05, 0.1) is 22.9 Å². The third kappa shape index (κ3) is 4.09. The number of nitrogens with one attached hydrogen (secondary N) is 1. The molecule has 0 saturated heterocycles. The molecule has 152 valence electrons. The monoisotopic (exact) mass is 418 g/mol. The van der Waals surface area contributed by atoms with Crippen LogP contribution in [0.2, 0.25) is 0 Å². The van der Waals surface area contributed by atoms with Crippen molar-refractivity contribution >= 4 is 40.3 Å². The molecule has 4 rings (SSSR count). The van der Waals surface area contributed by atoms with Crippen molar-refractivity contribution < 1.29 is 14.4 Å². The van der Waals surface area contributed by atoms with Crippen LogP contribution in [0.3, 0.4) is 0 Å². The maximum absolute atomic E-state index is 12.3. The lowest BCUT2D eigenvalue weighted by atomic mass is 10.0. The Kier molecular flexibility index (Phi) is 5.86. The average Bonchev–Trinajstić information content (AvgIpc) is 3.01. The summed E-state index contributed by atoms with van der Waals surface area (Å²) < 4.78 is 0. The van der Waals surface area contributed by atoms with Gasteiger partial charge in [-0.2, -0.15) is 11.8 Å². The number of amides is 3. The van der Waals surface area contributed by atoms with Gasteiger partial charge in [0.25, 0.3) is 11.8 Å². The zero-order chi connectivity index (χ0) is 21.1. The van der Waals surface area contributed by atoms with E-state index < -0.39 is 0 Å². The molecule has 0 spiro atoms.